The van der Waals surface area contributed by atoms with Crippen molar-refractivity contribution in [2.75, 3.05) is 18.5 Å². The Labute approximate surface area is 119 Å². The molecule has 0 aromatic heterocycles. The summed E-state index contributed by atoms with van der Waals surface area (Å²) in [6, 6.07) is 20.1. The van der Waals surface area contributed by atoms with Gasteiger partial charge < -0.3 is 10.1 Å². The second-order valence-electron chi connectivity index (χ2n) is 4.49. The Morgan fingerprint density at radius 3 is 2.45 bits per heavy atom. The topological polar surface area (TPSA) is 45.0 Å². The van der Waals surface area contributed by atoms with E-state index in [1.807, 2.05) is 36.4 Å². The molecule has 102 valence electrons. The van der Waals surface area contributed by atoms with Crippen LogP contribution in [0.15, 0.2) is 54.6 Å². The maximum atomic E-state index is 8.43. The molecule has 0 heterocycles. The number of benzene rings is 2. The van der Waals surface area contributed by atoms with Crippen LogP contribution >= 0.6 is 0 Å². The summed E-state index contributed by atoms with van der Waals surface area (Å²) in [5, 5.41) is 11.8. The third kappa shape index (κ3) is 4.66. The Hall–Kier alpha value is -2.47. The van der Waals surface area contributed by atoms with E-state index < -0.39 is 0 Å². The normalized spacial score (nSPS) is 9.75. The van der Waals surface area contributed by atoms with Crippen LogP contribution in [0.2, 0.25) is 0 Å². The van der Waals surface area contributed by atoms with Crippen molar-refractivity contribution in [3.05, 3.63) is 60.2 Å². The van der Waals surface area contributed by atoms with Crippen molar-refractivity contribution < 1.29 is 4.74 Å². The van der Waals surface area contributed by atoms with E-state index in [1.54, 1.807) is 0 Å². The van der Waals surface area contributed by atoms with Gasteiger partial charge in [-0.2, -0.15) is 5.26 Å². The minimum Gasteiger partial charge on any atom is -0.479 e. The van der Waals surface area contributed by atoms with E-state index in [0.717, 1.165) is 30.8 Å². The van der Waals surface area contributed by atoms with Gasteiger partial charge in [-0.1, -0.05) is 30.3 Å². The molecule has 0 bridgehead atoms. The van der Waals surface area contributed by atoms with Crippen LogP contribution in [0.25, 0.3) is 0 Å². The Morgan fingerprint density at radius 1 is 1.00 bits per heavy atom. The van der Waals surface area contributed by atoms with Crippen molar-refractivity contribution in [2.24, 2.45) is 0 Å². The molecule has 3 heteroatoms. The van der Waals surface area contributed by atoms with Gasteiger partial charge >= 0.3 is 0 Å². The molecule has 1 N–H and O–H groups in total. The van der Waals surface area contributed by atoms with Gasteiger partial charge in [0.2, 0.25) is 0 Å². The van der Waals surface area contributed by atoms with Gasteiger partial charge in [-0.05, 0) is 42.7 Å². The van der Waals surface area contributed by atoms with Gasteiger partial charge in [0.25, 0.3) is 0 Å². The fraction of sp³-hybridized carbons (Fsp3) is 0.235. The first-order valence-corrected chi connectivity index (χ1v) is 6.76. The predicted octanol–water partition coefficient (Wildman–Crippen LogP) is 3.63. The summed E-state index contributed by atoms with van der Waals surface area (Å²) in [7, 11) is 0. The molecular formula is C17H18N2O. The van der Waals surface area contributed by atoms with Crippen LogP contribution in [-0.4, -0.2) is 13.2 Å². The highest BCUT2D eigenvalue weighted by Crippen LogP contribution is 2.15. The number of ether oxygens (including phenoxy) is 1. The Morgan fingerprint density at radius 2 is 1.75 bits per heavy atom. The summed E-state index contributed by atoms with van der Waals surface area (Å²) in [4.78, 5) is 0. The fourth-order valence-electron chi connectivity index (χ4n) is 1.95. The second kappa shape index (κ2) is 7.85. The summed E-state index contributed by atoms with van der Waals surface area (Å²) in [6.07, 6.45) is 2.17. The highest BCUT2D eigenvalue weighted by atomic mass is 16.5. The molecule has 0 aliphatic rings. The number of nitriles is 1. The zero-order valence-electron chi connectivity index (χ0n) is 11.4. The number of anilines is 1. The molecule has 2 aromatic rings. The summed E-state index contributed by atoms with van der Waals surface area (Å²) < 4.78 is 5.20. The summed E-state index contributed by atoms with van der Waals surface area (Å²) in [5.74, 6) is 0.724. The van der Waals surface area contributed by atoms with Gasteiger partial charge in [-0.15, -0.1) is 0 Å². The summed E-state index contributed by atoms with van der Waals surface area (Å²) >= 11 is 0. The van der Waals surface area contributed by atoms with Crippen LogP contribution in [0.5, 0.6) is 5.75 Å². The molecule has 3 nitrogen and oxygen atoms in total. The predicted molar refractivity (Wildman–Crippen MR) is 80.8 cm³/mol. The summed E-state index contributed by atoms with van der Waals surface area (Å²) in [5.41, 5.74) is 2.44. The SMILES string of the molecule is N#CCOc1ccc(NCCCc2ccccc2)cc1. The molecule has 2 aromatic carbocycles. The number of hydrogen-bond acceptors (Lipinski definition) is 3. The first-order chi connectivity index (χ1) is 9.88. The first-order valence-electron chi connectivity index (χ1n) is 6.76. The molecule has 0 saturated heterocycles. The van der Waals surface area contributed by atoms with E-state index >= 15 is 0 Å². The van der Waals surface area contributed by atoms with E-state index in [4.69, 9.17) is 10.00 Å². The van der Waals surface area contributed by atoms with Gasteiger partial charge in [0.05, 0.1) is 0 Å². The maximum Gasteiger partial charge on any atom is 0.174 e. The lowest BCUT2D eigenvalue weighted by Crippen LogP contribution is -2.03. The van der Waals surface area contributed by atoms with Crippen molar-refractivity contribution in [2.45, 2.75) is 12.8 Å². The lowest BCUT2D eigenvalue weighted by atomic mass is 10.1. The van der Waals surface area contributed by atoms with E-state index in [-0.39, 0.29) is 6.61 Å². The van der Waals surface area contributed by atoms with E-state index in [1.165, 1.54) is 5.56 Å². The zero-order chi connectivity index (χ0) is 14.0. The molecule has 0 aliphatic carbocycles. The smallest absolute Gasteiger partial charge is 0.174 e. The van der Waals surface area contributed by atoms with Crippen LogP contribution in [0.1, 0.15) is 12.0 Å². The van der Waals surface area contributed by atoms with Crippen LogP contribution in [-0.2, 0) is 6.42 Å². The summed E-state index contributed by atoms with van der Waals surface area (Å²) in [6.45, 7) is 1.02. The zero-order valence-corrected chi connectivity index (χ0v) is 11.4. The highest BCUT2D eigenvalue weighted by molar-refractivity contribution is 5.46. The third-order valence-corrected chi connectivity index (χ3v) is 2.97. The molecule has 0 spiro atoms. The first kappa shape index (κ1) is 14.0. The molecule has 20 heavy (non-hydrogen) atoms. The lowest BCUT2D eigenvalue weighted by molar-refractivity contribution is 0.368. The highest BCUT2D eigenvalue weighted by Gasteiger charge is 1.96. The van der Waals surface area contributed by atoms with Crippen molar-refractivity contribution in [3.63, 3.8) is 0 Å². The lowest BCUT2D eigenvalue weighted by Gasteiger charge is -2.07. The number of aryl methyl sites for hydroxylation is 1. The molecule has 0 atom stereocenters. The Bertz CT molecular complexity index is 543. The number of nitrogens with one attached hydrogen (secondary N) is 1. The molecule has 0 amide bonds. The Balaban J connectivity index is 1.70. The third-order valence-electron chi connectivity index (χ3n) is 2.97. The van der Waals surface area contributed by atoms with Crippen LogP contribution in [0.4, 0.5) is 5.69 Å². The minimum atomic E-state index is 0.0872. The van der Waals surface area contributed by atoms with E-state index in [0.29, 0.717) is 0 Å². The van der Waals surface area contributed by atoms with Gasteiger partial charge in [0, 0.05) is 12.2 Å². The van der Waals surface area contributed by atoms with Crippen molar-refractivity contribution >= 4 is 5.69 Å². The van der Waals surface area contributed by atoms with Crippen LogP contribution < -0.4 is 10.1 Å². The van der Waals surface area contributed by atoms with Crippen LogP contribution in [0, 0.1) is 11.3 Å². The molecule has 0 aliphatic heterocycles. The molecule has 0 unspecified atom stereocenters. The standard InChI is InChI=1S/C17H18N2O/c18-12-14-20-17-10-8-16(9-11-17)19-13-4-7-15-5-2-1-3-6-15/h1-3,5-6,8-11,19H,4,7,13-14H2. The number of nitrogens with zero attached hydrogens (tertiary/aromatic N) is 1. The fourth-order valence-corrected chi connectivity index (χ4v) is 1.95. The van der Waals surface area contributed by atoms with Crippen molar-refractivity contribution in [3.8, 4) is 11.8 Å². The van der Waals surface area contributed by atoms with Crippen LogP contribution in [0.3, 0.4) is 0 Å². The van der Waals surface area contributed by atoms with Gasteiger partial charge in [-0.25, -0.2) is 0 Å². The quantitative estimate of drug-likeness (QED) is 0.778. The molecular weight excluding hydrogens is 248 g/mol. The number of hydrogen-bond donors (Lipinski definition) is 1. The molecule has 0 fully saturated rings. The Kier molecular flexibility index (Phi) is 5.48. The monoisotopic (exact) mass is 266 g/mol. The average Bonchev–Trinajstić information content (AvgIpc) is 2.52. The molecule has 0 saturated carbocycles. The van der Waals surface area contributed by atoms with Gasteiger partial charge in [-0.3, -0.25) is 0 Å². The molecule has 2 rings (SSSR count). The minimum absolute atomic E-state index is 0.0872. The van der Waals surface area contributed by atoms with Gasteiger partial charge in [0.15, 0.2) is 6.61 Å². The maximum absolute atomic E-state index is 8.43. The van der Waals surface area contributed by atoms with Crippen molar-refractivity contribution in [1.82, 2.24) is 0 Å². The van der Waals surface area contributed by atoms with E-state index in [2.05, 4.69) is 29.6 Å². The largest absolute Gasteiger partial charge is 0.479 e. The van der Waals surface area contributed by atoms with E-state index in [9.17, 15) is 0 Å². The van der Waals surface area contributed by atoms with Gasteiger partial charge in [0.1, 0.15) is 11.8 Å². The number of rotatable bonds is 7. The second-order valence-corrected chi connectivity index (χ2v) is 4.49. The molecule has 0 radical (unpaired) electrons. The average molecular weight is 266 g/mol. The van der Waals surface area contributed by atoms with Crippen molar-refractivity contribution in [1.29, 1.82) is 5.26 Å².